The van der Waals surface area contributed by atoms with E-state index in [2.05, 4.69) is 28.1 Å². The maximum atomic E-state index is 13.7. The summed E-state index contributed by atoms with van der Waals surface area (Å²) in [7, 11) is 0. The largest absolute Gasteiger partial charge is 0.460 e. The molecule has 1 saturated heterocycles. The molecule has 9 heteroatoms. The normalized spacial score (nSPS) is 15.4. The van der Waals surface area contributed by atoms with E-state index in [0.29, 0.717) is 25.3 Å². The summed E-state index contributed by atoms with van der Waals surface area (Å²) in [6, 6.07) is 19.6. The number of benzene rings is 2. The minimum Gasteiger partial charge on any atom is -0.460 e. The predicted molar refractivity (Wildman–Crippen MR) is 144 cm³/mol. The van der Waals surface area contributed by atoms with E-state index in [9.17, 15) is 4.79 Å². The highest BCUT2D eigenvalue weighted by atomic mass is 16.6. The molecule has 9 nitrogen and oxygen atoms in total. The molecule has 1 aromatic heterocycles. The zero-order chi connectivity index (χ0) is 26.6. The van der Waals surface area contributed by atoms with Gasteiger partial charge in [-0.15, -0.1) is 15.0 Å². The van der Waals surface area contributed by atoms with E-state index in [1.165, 1.54) is 0 Å². The summed E-state index contributed by atoms with van der Waals surface area (Å²) in [4.78, 5) is 27.9. The van der Waals surface area contributed by atoms with E-state index in [-0.39, 0.29) is 49.9 Å². The average molecular weight is 515 g/mol. The lowest BCUT2D eigenvalue weighted by Crippen LogP contribution is -2.47. The first-order valence-corrected chi connectivity index (χ1v) is 12.3. The summed E-state index contributed by atoms with van der Waals surface area (Å²) >= 11 is 0. The zero-order valence-electron chi connectivity index (χ0n) is 21.1. The number of carbonyl (C=O) groups excluding carboxylic acids is 1. The van der Waals surface area contributed by atoms with Crippen LogP contribution in [0.5, 0.6) is 18.0 Å². The highest BCUT2D eigenvalue weighted by molar-refractivity contribution is 6.24. The second-order valence-electron chi connectivity index (χ2n) is 8.27. The van der Waals surface area contributed by atoms with Crippen LogP contribution in [0.25, 0.3) is 11.6 Å². The third-order valence-electron chi connectivity index (χ3n) is 5.48. The van der Waals surface area contributed by atoms with Gasteiger partial charge in [0, 0.05) is 12.1 Å². The second kappa shape index (κ2) is 13.7. The SMILES string of the molecule is C=CCOc1nc(OCC=C)nc(OCC2CN(C(=O)/C(=C/c3ccccc3)c3ccccc3)CCO2)n1. The van der Waals surface area contributed by atoms with Gasteiger partial charge in [0.15, 0.2) is 0 Å². The van der Waals surface area contributed by atoms with Crippen molar-refractivity contribution in [2.75, 3.05) is 39.5 Å². The van der Waals surface area contributed by atoms with E-state index < -0.39 is 0 Å². The molecule has 1 fully saturated rings. The molecule has 2 aromatic carbocycles. The zero-order valence-corrected chi connectivity index (χ0v) is 21.1. The molecule has 2 heterocycles. The Labute approximate surface area is 222 Å². The second-order valence-corrected chi connectivity index (χ2v) is 8.27. The molecule has 0 spiro atoms. The lowest BCUT2D eigenvalue weighted by molar-refractivity contribution is -0.133. The predicted octanol–water partition coefficient (Wildman–Crippen LogP) is 3.85. The molecule has 1 atom stereocenters. The van der Waals surface area contributed by atoms with Crippen LogP contribution in [0.3, 0.4) is 0 Å². The highest BCUT2D eigenvalue weighted by Crippen LogP contribution is 2.23. The molecule has 0 aliphatic carbocycles. The Morgan fingerprint density at radius 2 is 1.47 bits per heavy atom. The van der Waals surface area contributed by atoms with Crippen LogP contribution in [0.1, 0.15) is 11.1 Å². The first-order chi connectivity index (χ1) is 18.7. The van der Waals surface area contributed by atoms with Crippen LogP contribution in [0.2, 0.25) is 0 Å². The molecule has 0 radical (unpaired) electrons. The Morgan fingerprint density at radius 1 is 0.895 bits per heavy atom. The van der Waals surface area contributed by atoms with E-state index in [1.54, 1.807) is 17.1 Å². The maximum Gasteiger partial charge on any atom is 0.326 e. The smallest absolute Gasteiger partial charge is 0.326 e. The van der Waals surface area contributed by atoms with Crippen LogP contribution < -0.4 is 14.2 Å². The van der Waals surface area contributed by atoms with Gasteiger partial charge in [-0.2, -0.15) is 0 Å². The number of hydrogen-bond acceptors (Lipinski definition) is 8. The molecule has 38 heavy (non-hydrogen) atoms. The van der Waals surface area contributed by atoms with Crippen molar-refractivity contribution in [1.29, 1.82) is 0 Å². The Bertz CT molecular complexity index is 1220. The molecule has 0 N–H and O–H groups in total. The molecule has 196 valence electrons. The van der Waals surface area contributed by atoms with Gasteiger partial charge in [0.25, 0.3) is 5.91 Å². The van der Waals surface area contributed by atoms with Crippen molar-refractivity contribution in [3.63, 3.8) is 0 Å². The molecule has 1 aliphatic heterocycles. The minimum atomic E-state index is -0.381. The first kappa shape index (κ1) is 26.6. The molecule has 0 bridgehead atoms. The van der Waals surface area contributed by atoms with Gasteiger partial charge in [-0.05, 0) is 17.2 Å². The van der Waals surface area contributed by atoms with Crippen LogP contribution in [-0.4, -0.2) is 71.4 Å². The number of nitrogens with zero attached hydrogens (tertiary/aromatic N) is 4. The van der Waals surface area contributed by atoms with Gasteiger partial charge in [0.05, 0.1) is 13.2 Å². The van der Waals surface area contributed by atoms with Gasteiger partial charge in [-0.1, -0.05) is 86.0 Å². The molecular weight excluding hydrogens is 484 g/mol. The minimum absolute atomic E-state index is 0.0270. The number of rotatable bonds is 12. The van der Waals surface area contributed by atoms with Crippen LogP contribution in [0.15, 0.2) is 86.0 Å². The Balaban J connectivity index is 1.46. The summed E-state index contributed by atoms with van der Waals surface area (Å²) in [6.07, 6.45) is 4.69. The van der Waals surface area contributed by atoms with Crippen molar-refractivity contribution in [3.8, 4) is 18.0 Å². The van der Waals surface area contributed by atoms with Crippen molar-refractivity contribution in [2.24, 2.45) is 0 Å². The highest BCUT2D eigenvalue weighted by Gasteiger charge is 2.28. The summed E-state index contributed by atoms with van der Waals surface area (Å²) < 4.78 is 22.5. The Hall–Kier alpha value is -4.50. The van der Waals surface area contributed by atoms with Crippen LogP contribution >= 0.6 is 0 Å². The topological polar surface area (TPSA) is 95.9 Å². The molecule has 4 rings (SSSR count). The van der Waals surface area contributed by atoms with E-state index >= 15 is 0 Å². The molecular formula is C29H30N4O5. The molecule has 1 aliphatic rings. The molecule has 1 unspecified atom stereocenters. The van der Waals surface area contributed by atoms with Crippen LogP contribution in [0, 0.1) is 0 Å². The lowest BCUT2D eigenvalue weighted by atomic mass is 10.0. The number of morpholine rings is 1. The standard InChI is InChI=1S/C29H30N4O5/c1-3-16-36-27-30-28(37-17-4-2)32-29(31-27)38-21-24-20-33(15-18-35-24)26(34)25(23-13-9-6-10-14-23)19-22-11-7-5-8-12-22/h3-14,19,24H,1-2,15-18,20-21H2/b25-19+. The third kappa shape index (κ3) is 7.50. The van der Waals surface area contributed by atoms with Crippen molar-refractivity contribution in [3.05, 3.63) is 97.1 Å². The lowest BCUT2D eigenvalue weighted by Gasteiger charge is -2.33. The maximum absolute atomic E-state index is 13.7. The Kier molecular flexibility index (Phi) is 9.58. The van der Waals surface area contributed by atoms with Gasteiger partial charge in [0.1, 0.15) is 25.9 Å². The van der Waals surface area contributed by atoms with Gasteiger partial charge in [-0.25, -0.2) is 0 Å². The van der Waals surface area contributed by atoms with Gasteiger partial charge >= 0.3 is 18.0 Å². The molecule has 1 amide bonds. The van der Waals surface area contributed by atoms with Gasteiger partial charge in [0.2, 0.25) is 0 Å². The van der Waals surface area contributed by atoms with Crippen LogP contribution in [-0.2, 0) is 9.53 Å². The van der Waals surface area contributed by atoms with E-state index in [4.69, 9.17) is 18.9 Å². The third-order valence-corrected chi connectivity index (χ3v) is 5.48. The van der Waals surface area contributed by atoms with Crippen molar-refractivity contribution in [2.45, 2.75) is 6.10 Å². The quantitative estimate of drug-likeness (QED) is 0.204. The monoisotopic (exact) mass is 514 g/mol. The number of hydrogen-bond donors (Lipinski definition) is 0. The number of aromatic nitrogens is 3. The summed E-state index contributed by atoms with van der Waals surface area (Å²) in [6.45, 7) is 9.00. The number of carbonyl (C=O) groups is 1. The summed E-state index contributed by atoms with van der Waals surface area (Å²) in [5.74, 6) is -0.0752. The van der Waals surface area contributed by atoms with Crippen molar-refractivity contribution < 1.29 is 23.7 Å². The number of ether oxygens (including phenoxy) is 4. The van der Waals surface area contributed by atoms with Crippen molar-refractivity contribution >= 4 is 17.6 Å². The van der Waals surface area contributed by atoms with E-state index in [0.717, 1.165) is 11.1 Å². The van der Waals surface area contributed by atoms with Gasteiger partial charge < -0.3 is 23.8 Å². The summed E-state index contributed by atoms with van der Waals surface area (Å²) in [5, 5.41) is 0. The fourth-order valence-electron chi connectivity index (χ4n) is 3.73. The van der Waals surface area contributed by atoms with Crippen molar-refractivity contribution in [1.82, 2.24) is 19.9 Å². The fraction of sp³-hybridized carbons (Fsp3) is 0.241. The summed E-state index contributed by atoms with van der Waals surface area (Å²) in [5.41, 5.74) is 2.42. The van der Waals surface area contributed by atoms with E-state index in [1.807, 2.05) is 66.7 Å². The number of amides is 1. The molecule has 3 aromatic rings. The average Bonchev–Trinajstić information content (AvgIpc) is 2.97. The van der Waals surface area contributed by atoms with Gasteiger partial charge in [-0.3, -0.25) is 4.79 Å². The molecule has 0 saturated carbocycles. The fourth-order valence-corrected chi connectivity index (χ4v) is 3.73. The van der Waals surface area contributed by atoms with Crippen LogP contribution in [0.4, 0.5) is 0 Å². The Morgan fingerprint density at radius 3 is 2.08 bits per heavy atom. The first-order valence-electron chi connectivity index (χ1n) is 12.3.